The second kappa shape index (κ2) is 13.2. The van der Waals surface area contributed by atoms with E-state index in [0.717, 1.165) is 14.9 Å². The van der Waals surface area contributed by atoms with Gasteiger partial charge in [0.2, 0.25) is 0 Å². The largest absolute Gasteiger partial charge is 0.497 e. The number of amides is 4. The molecule has 0 saturated carbocycles. The van der Waals surface area contributed by atoms with Crippen molar-refractivity contribution in [3.05, 3.63) is 128 Å². The molecule has 0 aromatic heterocycles. The van der Waals surface area contributed by atoms with Crippen LogP contribution in [0.15, 0.2) is 101 Å². The van der Waals surface area contributed by atoms with Crippen LogP contribution in [0.3, 0.4) is 0 Å². The quantitative estimate of drug-likeness (QED) is 0.0922. The van der Waals surface area contributed by atoms with Crippen LogP contribution in [0.25, 0.3) is 6.08 Å². The second-order valence-electron chi connectivity index (χ2n) is 9.48. The van der Waals surface area contributed by atoms with Crippen molar-refractivity contribution in [3.8, 4) is 17.2 Å². The number of anilines is 1. The summed E-state index contributed by atoms with van der Waals surface area (Å²) < 4.78 is 18.0. The number of nitro benzene ring substituents is 1. The number of halogens is 1. The van der Waals surface area contributed by atoms with Gasteiger partial charge in [0.05, 0.1) is 17.7 Å². The second-order valence-corrected chi connectivity index (χ2v) is 10.4. The Balaban J connectivity index is 1.35. The van der Waals surface area contributed by atoms with Crippen molar-refractivity contribution >= 4 is 51.2 Å². The lowest BCUT2D eigenvalue weighted by atomic mass is 10.1. The Hall–Kier alpha value is -5.49. The Bertz CT molecular complexity index is 1750. The van der Waals surface area contributed by atoms with Crippen LogP contribution >= 0.6 is 15.9 Å². The molecule has 1 aliphatic rings. The van der Waals surface area contributed by atoms with E-state index in [1.165, 1.54) is 25.3 Å². The first-order chi connectivity index (χ1) is 21.2. The molecule has 0 bridgehead atoms. The van der Waals surface area contributed by atoms with Gasteiger partial charge in [0, 0.05) is 28.2 Å². The zero-order valence-corrected chi connectivity index (χ0v) is 24.8. The molecule has 4 aromatic carbocycles. The van der Waals surface area contributed by atoms with E-state index in [1.807, 2.05) is 24.3 Å². The molecular formula is C32H24BrN3O8. The van der Waals surface area contributed by atoms with E-state index in [9.17, 15) is 24.5 Å². The van der Waals surface area contributed by atoms with Crippen LogP contribution < -0.4 is 24.4 Å². The number of methoxy groups -OCH3 is 1. The summed E-state index contributed by atoms with van der Waals surface area (Å²) in [6.07, 6.45) is 1.33. The highest BCUT2D eigenvalue weighted by atomic mass is 79.9. The lowest BCUT2D eigenvalue weighted by Crippen LogP contribution is -2.54. The predicted octanol–water partition coefficient (Wildman–Crippen LogP) is 6.19. The van der Waals surface area contributed by atoms with Crippen molar-refractivity contribution < 1.29 is 33.5 Å². The van der Waals surface area contributed by atoms with Gasteiger partial charge in [-0.25, -0.2) is 9.69 Å². The van der Waals surface area contributed by atoms with Crippen LogP contribution in [-0.4, -0.2) is 29.9 Å². The number of urea groups is 1. The molecular weight excluding hydrogens is 634 g/mol. The zero-order valence-electron chi connectivity index (χ0n) is 23.2. The number of benzene rings is 4. The molecule has 44 heavy (non-hydrogen) atoms. The van der Waals surface area contributed by atoms with Crippen LogP contribution in [0.1, 0.15) is 16.7 Å². The number of hydrogen-bond donors (Lipinski definition) is 1. The van der Waals surface area contributed by atoms with Gasteiger partial charge < -0.3 is 14.2 Å². The van der Waals surface area contributed by atoms with Crippen LogP contribution in [0.2, 0.25) is 0 Å². The summed E-state index contributed by atoms with van der Waals surface area (Å²) in [4.78, 5) is 50.4. The molecule has 1 fully saturated rings. The SMILES string of the molecule is COc1ccc(/C=C2\C(=O)NC(=O)N(c3ccc(OCc4ccc(Br)cc4)cc3)C2=O)c(OCc2ccc([N+](=O)[O-])cc2)c1. The highest BCUT2D eigenvalue weighted by Crippen LogP contribution is 2.30. The van der Waals surface area contributed by atoms with Crippen molar-refractivity contribution in [2.45, 2.75) is 13.2 Å². The number of non-ortho nitro benzene ring substituents is 1. The number of carbonyl (C=O) groups excluding carboxylic acids is 3. The normalized spacial score (nSPS) is 13.9. The van der Waals surface area contributed by atoms with Gasteiger partial charge >= 0.3 is 6.03 Å². The molecule has 0 unspecified atom stereocenters. The first kappa shape index (κ1) is 30.0. The van der Waals surface area contributed by atoms with Crippen molar-refractivity contribution in [2.24, 2.45) is 0 Å². The molecule has 0 atom stereocenters. The summed E-state index contributed by atoms with van der Waals surface area (Å²) in [7, 11) is 1.48. The topological polar surface area (TPSA) is 137 Å². The van der Waals surface area contributed by atoms with E-state index in [1.54, 1.807) is 54.6 Å². The molecule has 222 valence electrons. The molecule has 12 heteroatoms. The lowest BCUT2D eigenvalue weighted by molar-refractivity contribution is -0.384. The van der Waals surface area contributed by atoms with E-state index in [2.05, 4.69) is 21.2 Å². The molecule has 1 aliphatic heterocycles. The fourth-order valence-electron chi connectivity index (χ4n) is 4.25. The molecule has 11 nitrogen and oxygen atoms in total. The van der Waals surface area contributed by atoms with Gasteiger partial charge in [0.15, 0.2) is 0 Å². The van der Waals surface area contributed by atoms with E-state index < -0.39 is 22.8 Å². The maximum atomic E-state index is 13.5. The highest BCUT2D eigenvalue weighted by molar-refractivity contribution is 9.10. The van der Waals surface area contributed by atoms with Gasteiger partial charge in [-0.3, -0.25) is 25.0 Å². The summed E-state index contributed by atoms with van der Waals surface area (Å²) in [5.41, 5.74) is 1.90. The van der Waals surface area contributed by atoms with Gasteiger partial charge in [-0.2, -0.15) is 0 Å². The number of barbiturate groups is 1. The minimum absolute atomic E-state index is 0.0440. The number of rotatable bonds is 10. The molecule has 1 heterocycles. The first-order valence-corrected chi connectivity index (χ1v) is 13.9. The first-order valence-electron chi connectivity index (χ1n) is 13.1. The average molecular weight is 658 g/mol. The number of imide groups is 2. The zero-order chi connectivity index (χ0) is 31.2. The molecule has 1 N–H and O–H groups in total. The summed E-state index contributed by atoms with van der Waals surface area (Å²) in [5.74, 6) is -0.403. The van der Waals surface area contributed by atoms with E-state index in [4.69, 9.17) is 14.2 Å². The lowest BCUT2D eigenvalue weighted by Gasteiger charge is -2.26. The molecule has 4 amide bonds. The van der Waals surface area contributed by atoms with Crippen molar-refractivity contribution in [3.63, 3.8) is 0 Å². The van der Waals surface area contributed by atoms with Crippen molar-refractivity contribution in [1.82, 2.24) is 5.32 Å². The Labute approximate surface area is 259 Å². The molecule has 1 saturated heterocycles. The van der Waals surface area contributed by atoms with Crippen molar-refractivity contribution in [1.29, 1.82) is 0 Å². The fourth-order valence-corrected chi connectivity index (χ4v) is 4.51. The molecule has 4 aromatic rings. The smallest absolute Gasteiger partial charge is 0.335 e. The monoisotopic (exact) mass is 657 g/mol. The Kier molecular flexibility index (Phi) is 9.01. The minimum Gasteiger partial charge on any atom is -0.497 e. The number of carbonyl (C=O) groups is 3. The minimum atomic E-state index is -0.884. The fraction of sp³-hybridized carbons (Fsp3) is 0.0938. The standard InChI is InChI=1S/C32H24BrN3O8/c1-42-27-13-6-22(29(17-27)44-19-21-4-9-25(10-5-21)36(40)41)16-28-30(37)34-32(39)35(31(28)38)24-11-14-26(15-12-24)43-18-20-2-7-23(33)8-3-20/h2-17H,18-19H2,1H3,(H,34,37,39)/b28-16+. The Morgan fingerprint density at radius 2 is 1.45 bits per heavy atom. The Morgan fingerprint density at radius 3 is 2.09 bits per heavy atom. The maximum absolute atomic E-state index is 13.5. The summed E-state index contributed by atoms with van der Waals surface area (Å²) in [5, 5.41) is 13.2. The number of nitro groups is 1. The number of nitrogens with zero attached hydrogens (tertiary/aromatic N) is 2. The highest BCUT2D eigenvalue weighted by Gasteiger charge is 2.37. The summed E-state index contributed by atoms with van der Waals surface area (Å²) in [6, 6.07) is 23.8. The molecule has 0 spiro atoms. The third-order valence-corrected chi connectivity index (χ3v) is 7.11. The maximum Gasteiger partial charge on any atom is 0.335 e. The van der Waals surface area contributed by atoms with Gasteiger partial charge in [0.1, 0.15) is 36.0 Å². The molecule has 5 rings (SSSR count). The Morgan fingerprint density at radius 1 is 0.841 bits per heavy atom. The van der Waals surface area contributed by atoms with Crippen LogP contribution in [0.5, 0.6) is 17.2 Å². The molecule has 0 aliphatic carbocycles. The number of hydrogen-bond acceptors (Lipinski definition) is 8. The summed E-state index contributed by atoms with van der Waals surface area (Å²) in [6.45, 7) is 0.371. The van der Waals surface area contributed by atoms with Gasteiger partial charge in [0.25, 0.3) is 17.5 Å². The van der Waals surface area contributed by atoms with E-state index >= 15 is 0 Å². The predicted molar refractivity (Wildman–Crippen MR) is 164 cm³/mol. The van der Waals surface area contributed by atoms with E-state index in [-0.39, 0.29) is 29.3 Å². The van der Waals surface area contributed by atoms with Gasteiger partial charge in [-0.1, -0.05) is 28.1 Å². The summed E-state index contributed by atoms with van der Waals surface area (Å²) >= 11 is 3.39. The number of nitrogens with one attached hydrogen (secondary N) is 1. The van der Waals surface area contributed by atoms with Crippen molar-refractivity contribution in [2.75, 3.05) is 12.0 Å². The van der Waals surface area contributed by atoms with Crippen LogP contribution in [0.4, 0.5) is 16.2 Å². The average Bonchev–Trinajstić information content (AvgIpc) is 3.02. The van der Waals surface area contributed by atoms with Crippen LogP contribution in [-0.2, 0) is 22.8 Å². The van der Waals surface area contributed by atoms with Gasteiger partial charge in [-0.15, -0.1) is 0 Å². The van der Waals surface area contributed by atoms with E-state index in [0.29, 0.717) is 29.2 Å². The third-order valence-electron chi connectivity index (χ3n) is 6.58. The third kappa shape index (κ3) is 6.93. The molecule has 0 radical (unpaired) electrons. The van der Waals surface area contributed by atoms with Gasteiger partial charge in [-0.05, 0) is 77.9 Å². The number of ether oxygens (including phenoxy) is 3. The van der Waals surface area contributed by atoms with Crippen LogP contribution in [0, 0.1) is 10.1 Å².